The molecule has 0 fully saturated rings. The molecule has 1 aromatic heterocycles. The number of aromatic nitrogens is 2. The Morgan fingerprint density at radius 2 is 2.00 bits per heavy atom. The van der Waals surface area contributed by atoms with Crippen LogP contribution in [0.25, 0.3) is 0 Å². The minimum Gasteiger partial charge on any atom is -0.297 e. The summed E-state index contributed by atoms with van der Waals surface area (Å²) in [5.41, 5.74) is -0.959. The van der Waals surface area contributed by atoms with Gasteiger partial charge in [-0.15, -0.1) is 0 Å². The molecule has 1 rings (SSSR count). The van der Waals surface area contributed by atoms with Crippen LogP contribution in [0.3, 0.4) is 0 Å². The smallest absolute Gasteiger partial charge is 0.297 e. The molecule has 5 nitrogen and oxygen atoms in total. The highest BCUT2D eigenvalue weighted by atomic mass is 16.2. The number of nitrogens with zero attached hydrogens (tertiary/aromatic N) is 3. The Balaban J connectivity index is 3.68. The van der Waals surface area contributed by atoms with Crippen molar-refractivity contribution in [2.75, 3.05) is 0 Å². The molecule has 0 bridgehead atoms. The zero-order chi connectivity index (χ0) is 10.9. The van der Waals surface area contributed by atoms with E-state index in [0.717, 1.165) is 4.57 Å². The fourth-order valence-corrected chi connectivity index (χ4v) is 1.14. The van der Waals surface area contributed by atoms with Gasteiger partial charge in [-0.3, -0.25) is 13.9 Å². The van der Waals surface area contributed by atoms with Gasteiger partial charge in [0.2, 0.25) is 0 Å². The van der Waals surface area contributed by atoms with Gasteiger partial charge in [-0.2, -0.15) is 5.26 Å². The van der Waals surface area contributed by atoms with Crippen molar-refractivity contribution in [2.24, 2.45) is 7.05 Å². The van der Waals surface area contributed by atoms with Gasteiger partial charge in [-0.25, -0.2) is 4.79 Å². The van der Waals surface area contributed by atoms with E-state index in [2.05, 4.69) is 0 Å². The van der Waals surface area contributed by atoms with E-state index < -0.39 is 11.2 Å². The molecule has 0 aliphatic carbocycles. The fraction of sp³-hybridized carbons (Fsp3) is 0.444. The van der Waals surface area contributed by atoms with E-state index in [1.165, 1.54) is 17.8 Å². The monoisotopic (exact) mass is 193 g/mol. The van der Waals surface area contributed by atoms with Gasteiger partial charge >= 0.3 is 5.69 Å². The normalized spacial score (nSPS) is 10.2. The van der Waals surface area contributed by atoms with E-state index >= 15 is 0 Å². The molecule has 1 heterocycles. The molecule has 0 atom stereocenters. The zero-order valence-electron chi connectivity index (χ0n) is 8.31. The molecular formula is C9H11N3O2. The summed E-state index contributed by atoms with van der Waals surface area (Å²) in [7, 11) is 1.37. The molecule has 0 aromatic carbocycles. The van der Waals surface area contributed by atoms with Crippen molar-refractivity contribution < 1.29 is 0 Å². The number of hydrogen-bond acceptors (Lipinski definition) is 3. The first kappa shape index (κ1) is 10.3. The lowest BCUT2D eigenvalue weighted by molar-refractivity contribution is 0.531. The first-order valence-electron chi connectivity index (χ1n) is 4.21. The molecule has 0 amide bonds. The predicted octanol–water partition coefficient (Wildman–Crippen LogP) is -0.000420. The second-order valence-corrected chi connectivity index (χ2v) is 3.30. The van der Waals surface area contributed by atoms with Crippen LogP contribution in [0.4, 0.5) is 0 Å². The zero-order valence-corrected chi connectivity index (χ0v) is 8.31. The summed E-state index contributed by atoms with van der Waals surface area (Å²) < 4.78 is 2.30. The van der Waals surface area contributed by atoms with Gasteiger partial charge in [0.1, 0.15) is 11.6 Å². The third-order valence-corrected chi connectivity index (χ3v) is 1.99. The van der Waals surface area contributed by atoms with E-state index in [-0.39, 0.29) is 11.6 Å². The summed E-state index contributed by atoms with van der Waals surface area (Å²) in [4.78, 5) is 22.8. The summed E-state index contributed by atoms with van der Waals surface area (Å²) >= 11 is 0. The molecular weight excluding hydrogens is 182 g/mol. The Labute approximate surface area is 80.8 Å². The lowest BCUT2D eigenvalue weighted by atomic mass is 10.3. The van der Waals surface area contributed by atoms with Gasteiger partial charge in [0, 0.05) is 19.3 Å². The van der Waals surface area contributed by atoms with Gasteiger partial charge in [0.15, 0.2) is 0 Å². The Kier molecular flexibility index (Phi) is 2.56. The van der Waals surface area contributed by atoms with Crippen molar-refractivity contribution in [1.29, 1.82) is 5.26 Å². The van der Waals surface area contributed by atoms with Crippen LogP contribution in [0, 0.1) is 11.3 Å². The molecule has 5 heteroatoms. The summed E-state index contributed by atoms with van der Waals surface area (Å²) in [6, 6.07) is 1.70. The number of rotatable bonds is 1. The molecule has 0 unspecified atom stereocenters. The number of hydrogen-bond donors (Lipinski definition) is 0. The SMILES string of the molecule is CC(C)n1cc(C#N)c(=O)n(C)c1=O. The van der Waals surface area contributed by atoms with Crippen LogP contribution < -0.4 is 11.2 Å². The largest absolute Gasteiger partial charge is 0.331 e. The van der Waals surface area contributed by atoms with Crippen LogP contribution in [-0.2, 0) is 7.05 Å². The van der Waals surface area contributed by atoms with Gasteiger partial charge in [-0.1, -0.05) is 0 Å². The molecule has 14 heavy (non-hydrogen) atoms. The lowest BCUT2D eigenvalue weighted by Gasteiger charge is -2.10. The van der Waals surface area contributed by atoms with Crippen molar-refractivity contribution in [2.45, 2.75) is 19.9 Å². The molecule has 0 aliphatic heterocycles. The first-order valence-corrected chi connectivity index (χ1v) is 4.21. The maximum atomic E-state index is 11.5. The van der Waals surface area contributed by atoms with Crippen LogP contribution in [0.15, 0.2) is 15.8 Å². The van der Waals surface area contributed by atoms with E-state index in [0.29, 0.717) is 0 Å². The molecule has 0 radical (unpaired) electrons. The average molecular weight is 193 g/mol. The highest BCUT2D eigenvalue weighted by molar-refractivity contribution is 5.22. The summed E-state index contributed by atoms with van der Waals surface area (Å²) in [6.07, 6.45) is 1.30. The van der Waals surface area contributed by atoms with Crippen LogP contribution in [-0.4, -0.2) is 9.13 Å². The number of nitriles is 1. The summed E-state index contributed by atoms with van der Waals surface area (Å²) in [5, 5.41) is 8.66. The van der Waals surface area contributed by atoms with Gasteiger partial charge in [-0.05, 0) is 13.8 Å². The summed E-state index contributed by atoms with van der Waals surface area (Å²) in [6.45, 7) is 3.63. The van der Waals surface area contributed by atoms with Crippen LogP contribution in [0.2, 0.25) is 0 Å². The van der Waals surface area contributed by atoms with Crippen molar-refractivity contribution >= 4 is 0 Å². The van der Waals surface area contributed by atoms with E-state index in [1.54, 1.807) is 6.07 Å². The molecule has 0 saturated heterocycles. The molecule has 0 saturated carbocycles. The van der Waals surface area contributed by atoms with E-state index in [4.69, 9.17) is 5.26 Å². The highest BCUT2D eigenvalue weighted by Gasteiger charge is 2.09. The van der Waals surface area contributed by atoms with Gasteiger partial charge in [0.25, 0.3) is 5.56 Å². The standard InChI is InChI=1S/C9H11N3O2/c1-6(2)12-5-7(4-10)8(13)11(3)9(12)14/h5-6H,1-3H3. The molecule has 0 spiro atoms. The van der Waals surface area contributed by atoms with Crippen LogP contribution >= 0.6 is 0 Å². The van der Waals surface area contributed by atoms with E-state index in [9.17, 15) is 9.59 Å². The second kappa shape index (κ2) is 3.50. The molecule has 74 valence electrons. The van der Waals surface area contributed by atoms with Crippen molar-refractivity contribution in [3.63, 3.8) is 0 Å². The maximum Gasteiger partial charge on any atom is 0.331 e. The Hall–Kier alpha value is -1.83. The maximum absolute atomic E-state index is 11.5. The molecule has 1 aromatic rings. The summed E-state index contributed by atoms with van der Waals surface area (Å²) in [5.74, 6) is 0. The van der Waals surface area contributed by atoms with Crippen molar-refractivity contribution in [1.82, 2.24) is 9.13 Å². The highest BCUT2D eigenvalue weighted by Crippen LogP contribution is 1.98. The van der Waals surface area contributed by atoms with Crippen LogP contribution in [0.5, 0.6) is 0 Å². The Bertz CT molecular complexity index is 502. The minimum atomic E-state index is -0.547. The molecule has 0 aliphatic rings. The Morgan fingerprint density at radius 1 is 1.43 bits per heavy atom. The predicted molar refractivity (Wildman–Crippen MR) is 51.0 cm³/mol. The topological polar surface area (TPSA) is 67.8 Å². The lowest BCUT2D eigenvalue weighted by Crippen LogP contribution is -2.39. The fourth-order valence-electron chi connectivity index (χ4n) is 1.14. The van der Waals surface area contributed by atoms with E-state index in [1.807, 2.05) is 13.8 Å². The van der Waals surface area contributed by atoms with Gasteiger partial charge < -0.3 is 0 Å². The Morgan fingerprint density at radius 3 is 2.43 bits per heavy atom. The quantitative estimate of drug-likeness (QED) is 0.630. The van der Waals surface area contributed by atoms with Crippen molar-refractivity contribution in [3.05, 3.63) is 32.6 Å². The van der Waals surface area contributed by atoms with Gasteiger partial charge in [0.05, 0.1) is 0 Å². The molecule has 0 N–H and O–H groups in total. The van der Waals surface area contributed by atoms with Crippen LogP contribution in [0.1, 0.15) is 25.5 Å². The average Bonchev–Trinajstić information content (AvgIpc) is 2.14. The van der Waals surface area contributed by atoms with Crippen molar-refractivity contribution in [3.8, 4) is 6.07 Å². The first-order chi connectivity index (χ1) is 6.49. The minimum absolute atomic E-state index is 0.0131. The second-order valence-electron chi connectivity index (χ2n) is 3.30. The third kappa shape index (κ3) is 1.46. The third-order valence-electron chi connectivity index (χ3n) is 1.99.